The van der Waals surface area contributed by atoms with E-state index >= 15 is 0 Å². The molecule has 18 heavy (non-hydrogen) atoms. The second-order valence-corrected chi connectivity index (χ2v) is 5.64. The first-order chi connectivity index (χ1) is 8.77. The summed E-state index contributed by atoms with van der Waals surface area (Å²) in [5, 5.41) is 3.15. The third kappa shape index (κ3) is 2.01. The van der Waals surface area contributed by atoms with Gasteiger partial charge in [0.15, 0.2) is 0 Å². The highest BCUT2D eigenvalue weighted by atomic mass is 32.2. The number of anilines is 1. The van der Waals surface area contributed by atoms with Gasteiger partial charge in [-0.15, -0.1) is 11.8 Å². The number of fused-ring (bicyclic) bond motifs is 1. The quantitative estimate of drug-likeness (QED) is 0.841. The van der Waals surface area contributed by atoms with E-state index in [1.165, 1.54) is 6.07 Å². The van der Waals surface area contributed by atoms with Crippen LogP contribution < -0.4 is 10.2 Å². The Morgan fingerprint density at radius 1 is 1.50 bits per heavy atom. The number of hydrogen-bond donors (Lipinski definition) is 1. The van der Waals surface area contributed by atoms with E-state index in [0.29, 0.717) is 12.2 Å². The molecular weight excluding hydrogens is 251 g/mol. The van der Waals surface area contributed by atoms with Crippen molar-refractivity contribution < 1.29 is 9.18 Å². The van der Waals surface area contributed by atoms with Crippen LogP contribution in [0.3, 0.4) is 0 Å². The molecule has 2 heterocycles. The van der Waals surface area contributed by atoms with Crippen molar-refractivity contribution in [1.82, 2.24) is 5.32 Å². The van der Waals surface area contributed by atoms with E-state index in [-0.39, 0.29) is 17.8 Å². The highest BCUT2D eigenvalue weighted by molar-refractivity contribution is 7.99. The fourth-order valence-electron chi connectivity index (χ4n) is 2.57. The fourth-order valence-corrected chi connectivity index (χ4v) is 3.50. The minimum Gasteiger partial charge on any atom is -0.308 e. The van der Waals surface area contributed by atoms with Crippen LogP contribution in [-0.2, 0) is 11.2 Å². The topological polar surface area (TPSA) is 32.3 Å². The van der Waals surface area contributed by atoms with Crippen molar-refractivity contribution >= 4 is 23.4 Å². The molecular formula is C13H15FN2OS. The molecule has 2 aliphatic rings. The number of carbonyl (C=O) groups excluding carboxylic acids is 1. The number of rotatable bonds is 1. The molecule has 1 atom stereocenters. The van der Waals surface area contributed by atoms with Crippen LogP contribution >= 0.6 is 11.8 Å². The molecule has 1 fully saturated rings. The maximum absolute atomic E-state index is 13.9. The van der Waals surface area contributed by atoms with Gasteiger partial charge in [-0.2, -0.15) is 0 Å². The predicted octanol–water partition coefficient (Wildman–Crippen LogP) is 1.77. The highest BCUT2D eigenvalue weighted by Gasteiger charge is 2.32. The second-order valence-electron chi connectivity index (χ2n) is 4.61. The number of nitrogens with zero attached hydrogens (tertiary/aromatic N) is 1. The van der Waals surface area contributed by atoms with E-state index in [4.69, 9.17) is 0 Å². The van der Waals surface area contributed by atoms with Crippen LogP contribution in [0.25, 0.3) is 0 Å². The van der Waals surface area contributed by atoms with Gasteiger partial charge in [-0.1, -0.05) is 12.1 Å². The third-order valence-electron chi connectivity index (χ3n) is 3.45. The number of halogens is 1. The zero-order chi connectivity index (χ0) is 12.5. The standard InChI is InChI=1S/C13H15FN2OS/c14-10-5-1-3-9-4-2-6-16(12(9)10)13(17)11-7-18-8-15-11/h1,3,5,11,15H,2,4,6-8H2. The molecule has 0 saturated carbocycles. The summed E-state index contributed by atoms with van der Waals surface area (Å²) in [5.41, 5.74) is 1.44. The van der Waals surface area contributed by atoms with Crippen molar-refractivity contribution in [3.8, 4) is 0 Å². The average Bonchev–Trinajstić information content (AvgIpc) is 2.91. The first-order valence-electron chi connectivity index (χ1n) is 6.17. The number of carbonyl (C=O) groups is 1. The monoisotopic (exact) mass is 266 g/mol. The number of thioether (sulfide) groups is 1. The largest absolute Gasteiger partial charge is 0.308 e. The van der Waals surface area contributed by atoms with Crippen LogP contribution in [0.1, 0.15) is 12.0 Å². The van der Waals surface area contributed by atoms with Gasteiger partial charge in [-0.25, -0.2) is 4.39 Å². The van der Waals surface area contributed by atoms with Crippen molar-refractivity contribution in [1.29, 1.82) is 0 Å². The maximum Gasteiger partial charge on any atom is 0.245 e. The minimum atomic E-state index is -0.286. The van der Waals surface area contributed by atoms with Gasteiger partial charge in [0.1, 0.15) is 5.82 Å². The Bertz CT molecular complexity index is 474. The fraction of sp³-hybridized carbons (Fsp3) is 0.462. The summed E-state index contributed by atoms with van der Waals surface area (Å²) in [4.78, 5) is 14.0. The molecule has 2 aliphatic heterocycles. The lowest BCUT2D eigenvalue weighted by molar-refractivity contribution is -0.120. The molecule has 0 aromatic heterocycles. The molecule has 0 radical (unpaired) electrons. The van der Waals surface area contributed by atoms with Gasteiger partial charge >= 0.3 is 0 Å². The molecule has 0 bridgehead atoms. The average molecular weight is 266 g/mol. The molecule has 1 saturated heterocycles. The Morgan fingerprint density at radius 2 is 2.39 bits per heavy atom. The molecule has 1 aromatic rings. The van der Waals surface area contributed by atoms with E-state index in [2.05, 4.69) is 5.32 Å². The third-order valence-corrected chi connectivity index (χ3v) is 4.39. The Hall–Kier alpha value is -1.07. The van der Waals surface area contributed by atoms with E-state index in [0.717, 1.165) is 30.0 Å². The van der Waals surface area contributed by atoms with Gasteiger partial charge in [0, 0.05) is 18.2 Å². The molecule has 5 heteroatoms. The summed E-state index contributed by atoms with van der Waals surface area (Å²) in [6.45, 7) is 0.621. The molecule has 96 valence electrons. The number of amides is 1. The lowest BCUT2D eigenvalue weighted by atomic mass is 10.0. The predicted molar refractivity (Wildman–Crippen MR) is 71.3 cm³/mol. The van der Waals surface area contributed by atoms with Crippen molar-refractivity contribution in [3.63, 3.8) is 0 Å². The van der Waals surface area contributed by atoms with Gasteiger partial charge in [-0.3, -0.25) is 10.1 Å². The SMILES string of the molecule is O=C(C1CSCN1)N1CCCc2cccc(F)c21. The molecule has 1 N–H and O–H groups in total. The number of nitrogens with one attached hydrogen (secondary N) is 1. The van der Waals surface area contributed by atoms with Crippen molar-refractivity contribution in [2.75, 3.05) is 23.1 Å². The summed E-state index contributed by atoms with van der Waals surface area (Å²) in [6.07, 6.45) is 1.76. The van der Waals surface area contributed by atoms with Crippen LogP contribution in [0, 0.1) is 5.82 Å². The Morgan fingerprint density at radius 3 is 3.17 bits per heavy atom. The van der Waals surface area contributed by atoms with Gasteiger partial charge in [0.05, 0.1) is 11.7 Å². The molecule has 3 rings (SSSR count). The molecule has 0 aliphatic carbocycles. The van der Waals surface area contributed by atoms with Crippen molar-refractivity contribution in [3.05, 3.63) is 29.6 Å². The summed E-state index contributed by atoms with van der Waals surface area (Å²) < 4.78 is 13.9. The number of benzene rings is 1. The van der Waals surface area contributed by atoms with Gasteiger partial charge < -0.3 is 4.90 Å². The number of para-hydroxylation sites is 1. The number of aryl methyl sites for hydroxylation is 1. The van der Waals surface area contributed by atoms with Crippen LogP contribution in [0.5, 0.6) is 0 Å². The minimum absolute atomic E-state index is 0.00560. The van der Waals surface area contributed by atoms with E-state index in [1.54, 1.807) is 22.7 Å². The van der Waals surface area contributed by atoms with Crippen LogP contribution in [0.2, 0.25) is 0 Å². The van der Waals surface area contributed by atoms with Crippen LogP contribution in [0.4, 0.5) is 10.1 Å². The summed E-state index contributed by atoms with van der Waals surface area (Å²) in [5.74, 6) is 1.30. The smallest absolute Gasteiger partial charge is 0.245 e. The normalized spacial score (nSPS) is 22.9. The van der Waals surface area contributed by atoms with Crippen molar-refractivity contribution in [2.45, 2.75) is 18.9 Å². The molecule has 1 aromatic carbocycles. The lowest BCUT2D eigenvalue weighted by Crippen LogP contribution is -2.47. The van der Waals surface area contributed by atoms with Crippen LogP contribution in [0.15, 0.2) is 18.2 Å². The van der Waals surface area contributed by atoms with Gasteiger partial charge in [0.2, 0.25) is 5.91 Å². The zero-order valence-electron chi connectivity index (χ0n) is 9.99. The number of hydrogen-bond acceptors (Lipinski definition) is 3. The first-order valence-corrected chi connectivity index (χ1v) is 7.33. The Balaban J connectivity index is 1.93. The maximum atomic E-state index is 13.9. The summed E-state index contributed by atoms with van der Waals surface area (Å²) in [7, 11) is 0. The zero-order valence-corrected chi connectivity index (χ0v) is 10.8. The Kier molecular flexibility index (Phi) is 3.26. The molecule has 1 unspecified atom stereocenters. The highest BCUT2D eigenvalue weighted by Crippen LogP contribution is 2.31. The summed E-state index contributed by atoms with van der Waals surface area (Å²) >= 11 is 1.71. The van der Waals surface area contributed by atoms with Crippen molar-refractivity contribution in [2.24, 2.45) is 0 Å². The molecule has 0 spiro atoms. The van der Waals surface area contributed by atoms with Crippen LogP contribution in [-0.4, -0.2) is 30.1 Å². The van der Waals surface area contributed by atoms with Gasteiger partial charge in [-0.05, 0) is 24.5 Å². The Labute approximate surface area is 110 Å². The first kappa shape index (κ1) is 12.0. The summed E-state index contributed by atoms with van der Waals surface area (Å²) in [6, 6.07) is 4.89. The van der Waals surface area contributed by atoms with E-state index in [9.17, 15) is 9.18 Å². The second kappa shape index (κ2) is 4.90. The molecule has 1 amide bonds. The van der Waals surface area contributed by atoms with E-state index < -0.39 is 0 Å². The molecule has 3 nitrogen and oxygen atoms in total. The lowest BCUT2D eigenvalue weighted by Gasteiger charge is -2.31. The van der Waals surface area contributed by atoms with E-state index in [1.807, 2.05) is 6.07 Å². The van der Waals surface area contributed by atoms with Gasteiger partial charge in [0.25, 0.3) is 0 Å².